The van der Waals surface area contributed by atoms with E-state index in [9.17, 15) is 0 Å². The molecule has 1 aromatic carbocycles. The highest BCUT2D eigenvalue weighted by atomic mass is 16.5. The molecule has 0 saturated carbocycles. The lowest BCUT2D eigenvalue weighted by molar-refractivity contribution is 0.476. The van der Waals surface area contributed by atoms with Gasteiger partial charge in [-0.15, -0.1) is 0 Å². The predicted molar refractivity (Wildman–Crippen MR) is 82.0 cm³/mol. The van der Waals surface area contributed by atoms with E-state index in [4.69, 9.17) is 4.74 Å². The van der Waals surface area contributed by atoms with E-state index < -0.39 is 0 Å². The van der Waals surface area contributed by atoms with Gasteiger partial charge >= 0.3 is 0 Å². The fourth-order valence-electron chi connectivity index (χ4n) is 1.90. The van der Waals surface area contributed by atoms with Crippen molar-refractivity contribution in [2.45, 2.75) is 27.3 Å². The van der Waals surface area contributed by atoms with Crippen LogP contribution in [0.15, 0.2) is 42.6 Å². The lowest BCUT2D eigenvalue weighted by Crippen LogP contribution is -2.19. The molecule has 0 bridgehead atoms. The first-order valence-electron chi connectivity index (χ1n) is 7.04. The van der Waals surface area contributed by atoms with Gasteiger partial charge in [0.1, 0.15) is 11.5 Å². The van der Waals surface area contributed by atoms with Gasteiger partial charge in [0.2, 0.25) is 0 Å². The van der Waals surface area contributed by atoms with Crippen LogP contribution in [0, 0.1) is 12.8 Å². The molecule has 0 spiro atoms. The van der Waals surface area contributed by atoms with Crippen LogP contribution in [0.25, 0.3) is 0 Å². The first kappa shape index (κ1) is 14.5. The third kappa shape index (κ3) is 4.35. The Kier molecular flexibility index (Phi) is 5.13. The summed E-state index contributed by atoms with van der Waals surface area (Å²) < 4.78 is 5.91. The Morgan fingerprint density at radius 1 is 1.20 bits per heavy atom. The number of para-hydroxylation sites is 1. The molecule has 20 heavy (non-hydrogen) atoms. The summed E-state index contributed by atoms with van der Waals surface area (Å²) >= 11 is 0. The minimum absolute atomic E-state index is 0.640. The molecule has 0 amide bonds. The molecule has 3 heteroatoms. The van der Waals surface area contributed by atoms with Crippen molar-refractivity contribution in [2.75, 3.05) is 6.54 Å². The zero-order chi connectivity index (χ0) is 14.4. The second-order valence-corrected chi connectivity index (χ2v) is 5.38. The Morgan fingerprint density at radius 3 is 2.75 bits per heavy atom. The van der Waals surface area contributed by atoms with Crippen LogP contribution >= 0.6 is 0 Å². The van der Waals surface area contributed by atoms with Crippen molar-refractivity contribution < 1.29 is 4.74 Å². The first-order chi connectivity index (χ1) is 9.65. The van der Waals surface area contributed by atoms with Crippen molar-refractivity contribution in [3.8, 4) is 11.5 Å². The van der Waals surface area contributed by atoms with Crippen molar-refractivity contribution in [2.24, 2.45) is 5.92 Å². The molecule has 0 atom stereocenters. The molecule has 0 fully saturated rings. The second-order valence-electron chi connectivity index (χ2n) is 5.38. The van der Waals surface area contributed by atoms with Gasteiger partial charge in [-0.1, -0.05) is 32.0 Å². The van der Waals surface area contributed by atoms with Crippen LogP contribution in [-0.2, 0) is 6.54 Å². The summed E-state index contributed by atoms with van der Waals surface area (Å²) in [6, 6.07) is 11.9. The highest BCUT2D eigenvalue weighted by molar-refractivity contribution is 5.36. The minimum Gasteiger partial charge on any atom is -0.457 e. The van der Waals surface area contributed by atoms with Gasteiger partial charge in [0, 0.05) is 18.8 Å². The molecule has 1 aromatic heterocycles. The Hall–Kier alpha value is -1.87. The Balaban J connectivity index is 2.01. The second kappa shape index (κ2) is 7.06. The average molecular weight is 270 g/mol. The molecular formula is C17H22N2O. The molecule has 1 heterocycles. The molecule has 3 nitrogen and oxygen atoms in total. The standard InChI is InChI=1S/C17H22N2O/c1-13(2)11-18-12-15-10-16(8-9-19-15)20-17-7-5-4-6-14(17)3/h4-10,13,18H,11-12H2,1-3H3. The number of ether oxygens (including phenoxy) is 1. The number of rotatable bonds is 6. The maximum Gasteiger partial charge on any atom is 0.130 e. The normalized spacial score (nSPS) is 10.8. The third-order valence-electron chi connectivity index (χ3n) is 2.97. The van der Waals surface area contributed by atoms with Gasteiger partial charge in [-0.05, 0) is 37.1 Å². The van der Waals surface area contributed by atoms with Crippen LogP contribution in [0.5, 0.6) is 11.5 Å². The number of nitrogens with one attached hydrogen (secondary N) is 1. The van der Waals surface area contributed by atoms with E-state index in [1.54, 1.807) is 6.20 Å². The predicted octanol–water partition coefficient (Wildman–Crippen LogP) is 3.93. The van der Waals surface area contributed by atoms with Gasteiger partial charge in [-0.3, -0.25) is 4.98 Å². The number of benzene rings is 1. The molecule has 0 aliphatic rings. The van der Waals surface area contributed by atoms with Gasteiger partial charge in [0.25, 0.3) is 0 Å². The summed E-state index contributed by atoms with van der Waals surface area (Å²) in [7, 11) is 0. The van der Waals surface area contributed by atoms with E-state index in [-0.39, 0.29) is 0 Å². The fraction of sp³-hybridized carbons (Fsp3) is 0.353. The van der Waals surface area contributed by atoms with Crippen LogP contribution < -0.4 is 10.1 Å². The van der Waals surface area contributed by atoms with Crippen molar-refractivity contribution >= 4 is 0 Å². The molecule has 0 aliphatic carbocycles. The number of hydrogen-bond acceptors (Lipinski definition) is 3. The van der Waals surface area contributed by atoms with Crippen molar-refractivity contribution in [1.29, 1.82) is 0 Å². The van der Waals surface area contributed by atoms with Crippen LogP contribution in [0.2, 0.25) is 0 Å². The monoisotopic (exact) mass is 270 g/mol. The summed E-state index contributed by atoms with van der Waals surface area (Å²) in [5, 5.41) is 3.39. The Bertz CT molecular complexity index is 552. The van der Waals surface area contributed by atoms with E-state index >= 15 is 0 Å². The smallest absolute Gasteiger partial charge is 0.130 e. The number of pyridine rings is 1. The quantitative estimate of drug-likeness (QED) is 0.863. The van der Waals surface area contributed by atoms with Crippen molar-refractivity contribution in [3.05, 3.63) is 53.9 Å². The van der Waals surface area contributed by atoms with Gasteiger partial charge in [-0.25, -0.2) is 0 Å². The highest BCUT2D eigenvalue weighted by Crippen LogP contribution is 2.24. The maximum absolute atomic E-state index is 5.91. The fourth-order valence-corrected chi connectivity index (χ4v) is 1.90. The van der Waals surface area contributed by atoms with Crippen LogP contribution in [0.1, 0.15) is 25.1 Å². The van der Waals surface area contributed by atoms with Gasteiger partial charge in [0.05, 0.1) is 5.69 Å². The zero-order valence-electron chi connectivity index (χ0n) is 12.4. The largest absolute Gasteiger partial charge is 0.457 e. The molecule has 0 radical (unpaired) electrons. The van der Waals surface area contributed by atoms with Crippen molar-refractivity contribution in [1.82, 2.24) is 10.3 Å². The summed E-state index contributed by atoms with van der Waals surface area (Å²) in [4.78, 5) is 4.36. The summed E-state index contributed by atoms with van der Waals surface area (Å²) in [5.41, 5.74) is 2.13. The Morgan fingerprint density at radius 2 is 2.00 bits per heavy atom. The molecule has 0 saturated heterocycles. The number of hydrogen-bond donors (Lipinski definition) is 1. The summed E-state index contributed by atoms with van der Waals surface area (Å²) in [6.45, 7) is 8.19. The average Bonchev–Trinajstić information content (AvgIpc) is 2.41. The number of aryl methyl sites for hydroxylation is 1. The summed E-state index contributed by atoms with van der Waals surface area (Å²) in [6.07, 6.45) is 1.79. The molecule has 2 aromatic rings. The molecule has 1 N–H and O–H groups in total. The SMILES string of the molecule is Cc1ccccc1Oc1ccnc(CNCC(C)C)c1. The summed E-state index contributed by atoms with van der Waals surface area (Å²) in [5.74, 6) is 2.36. The van der Waals surface area contributed by atoms with E-state index in [1.165, 1.54) is 0 Å². The van der Waals surface area contributed by atoms with Gasteiger partial charge < -0.3 is 10.1 Å². The number of nitrogens with zero attached hydrogens (tertiary/aromatic N) is 1. The molecule has 106 valence electrons. The van der Waals surface area contributed by atoms with E-state index in [2.05, 4.69) is 24.1 Å². The van der Waals surface area contributed by atoms with Gasteiger partial charge in [0.15, 0.2) is 0 Å². The molecular weight excluding hydrogens is 248 g/mol. The highest BCUT2D eigenvalue weighted by Gasteiger charge is 2.02. The third-order valence-corrected chi connectivity index (χ3v) is 2.97. The Labute approximate surface area is 121 Å². The lowest BCUT2D eigenvalue weighted by Gasteiger charge is -2.10. The van der Waals surface area contributed by atoms with E-state index in [1.807, 2.05) is 43.3 Å². The van der Waals surface area contributed by atoms with Crippen molar-refractivity contribution in [3.63, 3.8) is 0 Å². The minimum atomic E-state index is 0.640. The maximum atomic E-state index is 5.91. The van der Waals surface area contributed by atoms with E-state index in [0.717, 1.165) is 35.8 Å². The topological polar surface area (TPSA) is 34.1 Å². The molecule has 0 aliphatic heterocycles. The first-order valence-corrected chi connectivity index (χ1v) is 7.04. The number of aromatic nitrogens is 1. The van der Waals surface area contributed by atoms with Gasteiger partial charge in [-0.2, -0.15) is 0 Å². The molecule has 0 unspecified atom stereocenters. The van der Waals surface area contributed by atoms with E-state index in [0.29, 0.717) is 5.92 Å². The zero-order valence-corrected chi connectivity index (χ0v) is 12.4. The van der Waals surface area contributed by atoms with Crippen LogP contribution in [-0.4, -0.2) is 11.5 Å². The lowest BCUT2D eigenvalue weighted by atomic mass is 10.2. The molecule has 2 rings (SSSR count). The van der Waals surface area contributed by atoms with Crippen LogP contribution in [0.3, 0.4) is 0 Å². The van der Waals surface area contributed by atoms with Crippen LogP contribution in [0.4, 0.5) is 0 Å².